The molecule has 158 valence electrons. The molecule has 1 heterocycles. The summed E-state index contributed by atoms with van der Waals surface area (Å²) in [4.78, 5) is 23.4. The Hall–Kier alpha value is -2.64. The van der Waals surface area contributed by atoms with Gasteiger partial charge in [0.2, 0.25) is 0 Å². The van der Waals surface area contributed by atoms with E-state index in [1.807, 2.05) is 39.0 Å². The summed E-state index contributed by atoms with van der Waals surface area (Å²) in [7, 11) is 0. The van der Waals surface area contributed by atoms with E-state index < -0.39 is 11.1 Å². The highest BCUT2D eigenvalue weighted by atomic mass is 35.5. The first-order chi connectivity index (χ1) is 14.4. The molecule has 6 nitrogen and oxygen atoms in total. The van der Waals surface area contributed by atoms with Gasteiger partial charge in [0.25, 0.3) is 11.1 Å². The smallest absolute Gasteiger partial charge is 0.290 e. The lowest BCUT2D eigenvalue weighted by atomic mass is 10.1. The van der Waals surface area contributed by atoms with Crippen LogP contribution in [0.5, 0.6) is 17.2 Å². The molecule has 1 fully saturated rings. The fraction of sp³-hybridized carbons (Fsp3) is 0.273. The minimum absolute atomic E-state index is 0.278. The molecule has 0 spiro atoms. The maximum atomic E-state index is 11.8. The first-order valence-electron chi connectivity index (χ1n) is 9.41. The molecule has 30 heavy (non-hydrogen) atoms. The summed E-state index contributed by atoms with van der Waals surface area (Å²) >= 11 is 7.26. The molecule has 1 aliphatic heterocycles. The lowest BCUT2D eigenvalue weighted by Crippen LogP contribution is -2.17. The number of nitrogens with one attached hydrogen (secondary N) is 1. The summed E-state index contributed by atoms with van der Waals surface area (Å²) in [6, 6.07) is 9.42. The second-order valence-corrected chi connectivity index (χ2v) is 8.00. The van der Waals surface area contributed by atoms with Gasteiger partial charge < -0.3 is 14.2 Å². The van der Waals surface area contributed by atoms with E-state index >= 15 is 0 Å². The van der Waals surface area contributed by atoms with Crippen LogP contribution in [-0.4, -0.2) is 31.0 Å². The van der Waals surface area contributed by atoms with Crippen LogP contribution in [0.1, 0.15) is 23.6 Å². The molecule has 1 aliphatic rings. The Bertz CT molecular complexity index is 1010. The molecule has 0 atom stereocenters. The van der Waals surface area contributed by atoms with Gasteiger partial charge in [-0.3, -0.25) is 14.9 Å². The fourth-order valence-electron chi connectivity index (χ4n) is 2.80. The zero-order chi connectivity index (χ0) is 21.7. The van der Waals surface area contributed by atoms with Crippen molar-refractivity contribution < 1.29 is 23.8 Å². The third-order valence-electron chi connectivity index (χ3n) is 4.20. The molecular weight excluding hydrogens is 426 g/mol. The van der Waals surface area contributed by atoms with Gasteiger partial charge in [-0.2, -0.15) is 0 Å². The molecule has 3 rings (SSSR count). The fourth-order valence-corrected chi connectivity index (χ4v) is 3.76. The number of thioether (sulfide) groups is 1. The summed E-state index contributed by atoms with van der Waals surface area (Å²) in [6.45, 7) is 6.89. The van der Waals surface area contributed by atoms with E-state index in [0.717, 1.165) is 28.6 Å². The van der Waals surface area contributed by atoms with Gasteiger partial charge in [-0.05, 0) is 73.5 Å². The van der Waals surface area contributed by atoms with Crippen LogP contribution in [0.15, 0.2) is 35.2 Å². The van der Waals surface area contributed by atoms with Crippen LogP contribution in [0, 0.1) is 13.8 Å². The lowest BCUT2D eigenvalue weighted by molar-refractivity contribution is -0.115. The molecule has 2 aromatic rings. The summed E-state index contributed by atoms with van der Waals surface area (Å²) in [5.41, 5.74) is 2.81. The Morgan fingerprint density at radius 2 is 1.80 bits per heavy atom. The minimum Gasteiger partial charge on any atom is -0.490 e. The maximum Gasteiger partial charge on any atom is 0.290 e. The number of ether oxygens (including phenoxy) is 3. The molecule has 0 bridgehead atoms. The van der Waals surface area contributed by atoms with Gasteiger partial charge in [-0.15, -0.1) is 0 Å². The number of amides is 2. The quantitative estimate of drug-likeness (QED) is 0.446. The molecule has 0 unspecified atom stereocenters. The molecule has 0 radical (unpaired) electrons. The van der Waals surface area contributed by atoms with Crippen LogP contribution in [-0.2, 0) is 4.79 Å². The minimum atomic E-state index is -0.428. The Kier molecular flexibility index (Phi) is 7.29. The van der Waals surface area contributed by atoms with Crippen molar-refractivity contribution in [2.75, 3.05) is 19.8 Å². The largest absolute Gasteiger partial charge is 0.490 e. The van der Waals surface area contributed by atoms with Crippen LogP contribution < -0.4 is 19.5 Å². The molecular formula is C22H22ClNO5S. The standard InChI is InChI=1S/C22H22ClNO5S/c1-4-27-18-11-15(12-19-21(25)24-22(26)30-19)10-16(23)20(18)29-8-7-28-17-9-13(2)5-6-14(17)3/h5-6,9-12H,4,7-8H2,1-3H3,(H,24,25,26)/b19-12+. The van der Waals surface area contributed by atoms with Crippen molar-refractivity contribution in [3.05, 3.63) is 56.9 Å². The molecule has 1 N–H and O–H groups in total. The average Bonchev–Trinajstić information content (AvgIpc) is 3.00. The highest BCUT2D eigenvalue weighted by Gasteiger charge is 2.25. The Morgan fingerprint density at radius 1 is 1.03 bits per heavy atom. The summed E-state index contributed by atoms with van der Waals surface area (Å²) in [6.07, 6.45) is 1.59. The maximum absolute atomic E-state index is 11.8. The van der Waals surface area contributed by atoms with Gasteiger partial charge in [0, 0.05) is 0 Å². The second kappa shape index (κ2) is 9.91. The van der Waals surface area contributed by atoms with Gasteiger partial charge in [0.1, 0.15) is 19.0 Å². The van der Waals surface area contributed by atoms with Crippen molar-refractivity contribution in [1.82, 2.24) is 5.32 Å². The third-order valence-corrected chi connectivity index (χ3v) is 5.29. The van der Waals surface area contributed by atoms with E-state index in [1.165, 1.54) is 0 Å². The first kappa shape index (κ1) is 22.1. The summed E-state index contributed by atoms with van der Waals surface area (Å²) in [5.74, 6) is 1.25. The van der Waals surface area contributed by atoms with Crippen molar-refractivity contribution in [2.45, 2.75) is 20.8 Å². The Labute approximate surface area is 184 Å². The van der Waals surface area contributed by atoms with Gasteiger partial charge >= 0.3 is 0 Å². The molecule has 0 saturated carbocycles. The normalized spacial score (nSPS) is 14.7. The number of hydrogen-bond acceptors (Lipinski definition) is 6. The van der Waals surface area contributed by atoms with Crippen LogP contribution in [0.25, 0.3) is 6.08 Å². The van der Waals surface area contributed by atoms with Crippen LogP contribution >= 0.6 is 23.4 Å². The number of carbonyl (C=O) groups is 2. The van der Waals surface area contributed by atoms with Crippen molar-refractivity contribution in [1.29, 1.82) is 0 Å². The van der Waals surface area contributed by atoms with Crippen molar-refractivity contribution in [3.63, 3.8) is 0 Å². The van der Waals surface area contributed by atoms with Crippen molar-refractivity contribution in [2.24, 2.45) is 0 Å². The van der Waals surface area contributed by atoms with Gasteiger partial charge in [-0.25, -0.2) is 0 Å². The Morgan fingerprint density at radius 3 is 2.50 bits per heavy atom. The van der Waals surface area contributed by atoms with Gasteiger partial charge in [0.15, 0.2) is 11.5 Å². The predicted molar refractivity (Wildman–Crippen MR) is 119 cm³/mol. The zero-order valence-electron chi connectivity index (χ0n) is 16.9. The van der Waals surface area contributed by atoms with Gasteiger partial charge in [-0.1, -0.05) is 23.7 Å². The topological polar surface area (TPSA) is 73.9 Å². The molecule has 2 aromatic carbocycles. The van der Waals surface area contributed by atoms with Crippen LogP contribution in [0.4, 0.5) is 4.79 Å². The number of rotatable bonds is 8. The van der Waals surface area contributed by atoms with E-state index in [-0.39, 0.29) is 6.61 Å². The monoisotopic (exact) mass is 447 g/mol. The van der Waals surface area contributed by atoms with Crippen molar-refractivity contribution >= 4 is 40.6 Å². The number of hydrogen-bond donors (Lipinski definition) is 1. The van der Waals surface area contributed by atoms with Crippen LogP contribution in [0.2, 0.25) is 5.02 Å². The highest BCUT2D eigenvalue weighted by Crippen LogP contribution is 2.38. The van der Waals surface area contributed by atoms with Crippen LogP contribution in [0.3, 0.4) is 0 Å². The Balaban J connectivity index is 1.71. The summed E-state index contributed by atoms with van der Waals surface area (Å²) in [5, 5.41) is 2.17. The van der Waals surface area contributed by atoms with E-state index in [1.54, 1.807) is 18.2 Å². The van der Waals surface area contributed by atoms with E-state index in [4.69, 9.17) is 25.8 Å². The molecule has 8 heteroatoms. The molecule has 1 saturated heterocycles. The lowest BCUT2D eigenvalue weighted by Gasteiger charge is -2.15. The predicted octanol–water partition coefficient (Wildman–Crippen LogP) is 5.14. The number of benzene rings is 2. The number of imide groups is 1. The number of carbonyl (C=O) groups excluding carboxylic acids is 2. The second-order valence-electron chi connectivity index (χ2n) is 6.58. The molecule has 0 aromatic heterocycles. The van der Waals surface area contributed by atoms with E-state index in [2.05, 4.69) is 5.32 Å². The number of aryl methyl sites for hydroxylation is 2. The SMILES string of the molecule is CCOc1cc(/C=C2/SC(=O)NC2=O)cc(Cl)c1OCCOc1cc(C)ccc1C. The number of halogens is 1. The molecule has 0 aliphatic carbocycles. The first-order valence-corrected chi connectivity index (χ1v) is 10.6. The van der Waals surface area contributed by atoms with Crippen molar-refractivity contribution in [3.8, 4) is 17.2 Å². The summed E-state index contributed by atoms with van der Waals surface area (Å²) < 4.78 is 17.3. The highest BCUT2D eigenvalue weighted by molar-refractivity contribution is 8.18. The van der Waals surface area contributed by atoms with Gasteiger partial charge in [0.05, 0.1) is 16.5 Å². The third kappa shape index (κ3) is 5.49. The van der Waals surface area contributed by atoms with E-state index in [0.29, 0.717) is 40.2 Å². The average molecular weight is 448 g/mol. The van der Waals surface area contributed by atoms with E-state index in [9.17, 15) is 9.59 Å². The zero-order valence-corrected chi connectivity index (χ0v) is 18.5. The molecule has 2 amide bonds.